The largest absolute Gasteiger partial charge is 0.465 e. The average Bonchev–Trinajstić information content (AvgIpc) is 3.36. The number of rotatable bonds is 6. The summed E-state index contributed by atoms with van der Waals surface area (Å²) in [6.07, 6.45) is 7.56. The molecule has 0 atom stereocenters. The zero-order valence-electron chi connectivity index (χ0n) is 16.1. The van der Waals surface area contributed by atoms with Crippen LogP contribution in [0, 0.1) is 12.3 Å². The van der Waals surface area contributed by atoms with E-state index in [-0.39, 0.29) is 29.9 Å². The lowest BCUT2D eigenvalue weighted by molar-refractivity contribution is -0.127. The van der Waals surface area contributed by atoms with Gasteiger partial charge in [0.1, 0.15) is 0 Å². The number of thioether (sulfide) groups is 1. The first-order valence-electron chi connectivity index (χ1n) is 9.11. The second kappa shape index (κ2) is 9.76. The molecule has 1 aromatic carbocycles. The van der Waals surface area contributed by atoms with Crippen LogP contribution < -0.4 is 4.80 Å². The number of carbonyl (C=O) groups excluding carboxylic acids is 3. The number of hydrogen-bond acceptors (Lipinski definition) is 6. The molecule has 0 aliphatic carbocycles. The SMILES string of the molecule is C#CCn1c(=NC(=O)CSCC(=O)N2CCCC2)sc2cc(C(=O)OC)ccc21. The Kier molecular flexibility index (Phi) is 7.12. The zero-order valence-corrected chi connectivity index (χ0v) is 17.7. The molecule has 152 valence electrons. The van der Waals surface area contributed by atoms with Crippen molar-refractivity contribution in [3.63, 3.8) is 0 Å². The highest BCUT2D eigenvalue weighted by Crippen LogP contribution is 2.20. The molecule has 0 saturated carbocycles. The molecule has 1 aromatic heterocycles. The maximum atomic E-state index is 12.3. The van der Waals surface area contributed by atoms with Crippen molar-refractivity contribution in [2.75, 3.05) is 31.7 Å². The molecule has 1 aliphatic rings. The lowest BCUT2D eigenvalue weighted by atomic mass is 10.2. The molecule has 0 spiro atoms. The molecule has 2 heterocycles. The van der Waals surface area contributed by atoms with Crippen molar-refractivity contribution in [2.24, 2.45) is 4.99 Å². The number of fused-ring (bicyclic) bond motifs is 1. The van der Waals surface area contributed by atoms with Crippen LogP contribution in [0.1, 0.15) is 23.2 Å². The number of carbonyl (C=O) groups is 3. The normalized spacial score (nSPS) is 14.2. The van der Waals surface area contributed by atoms with Crippen LogP contribution in [0.25, 0.3) is 10.2 Å². The summed E-state index contributed by atoms with van der Waals surface area (Å²) in [5.74, 6) is 2.28. The van der Waals surface area contributed by atoms with E-state index in [2.05, 4.69) is 10.9 Å². The number of nitrogens with zero attached hydrogens (tertiary/aromatic N) is 3. The minimum Gasteiger partial charge on any atom is -0.465 e. The van der Waals surface area contributed by atoms with Crippen molar-refractivity contribution >= 4 is 51.1 Å². The van der Waals surface area contributed by atoms with E-state index in [4.69, 9.17) is 11.2 Å². The summed E-state index contributed by atoms with van der Waals surface area (Å²) in [4.78, 5) is 42.6. The molecule has 2 amide bonds. The number of esters is 1. The first-order chi connectivity index (χ1) is 14.0. The molecule has 1 saturated heterocycles. The van der Waals surface area contributed by atoms with Gasteiger partial charge in [-0.15, -0.1) is 18.2 Å². The molecular weight excluding hydrogens is 410 g/mol. The molecule has 0 radical (unpaired) electrons. The first-order valence-corrected chi connectivity index (χ1v) is 11.1. The van der Waals surface area contributed by atoms with E-state index in [9.17, 15) is 14.4 Å². The van der Waals surface area contributed by atoms with Crippen LogP contribution in [0.4, 0.5) is 0 Å². The van der Waals surface area contributed by atoms with Gasteiger partial charge in [-0.1, -0.05) is 17.3 Å². The van der Waals surface area contributed by atoms with Crippen LogP contribution in [0.5, 0.6) is 0 Å². The van der Waals surface area contributed by atoms with Gasteiger partial charge in [0, 0.05) is 13.1 Å². The van der Waals surface area contributed by atoms with Gasteiger partial charge in [-0.05, 0) is 31.0 Å². The number of terminal acetylenes is 1. The third-order valence-corrected chi connectivity index (χ3v) is 6.43. The van der Waals surface area contributed by atoms with Gasteiger partial charge in [-0.2, -0.15) is 4.99 Å². The Labute approximate surface area is 176 Å². The van der Waals surface area contributed by atoms with Crippen molar-refractivity contribution in [3.8, 4) is 12.3 Å². The highest BCUT2D eigenvalue weighted by molar-refractivity contribution is 8.00. The van der Waals surface area contributed by atoms with E-state index in [0.717, 1.165) is 36.1 Å². The number of benzene rings is 1. The Balaban J connectivity index is 1.75. The molecule has 0 bridgehead atoms. The van der Waals surface area contributed by atoms with Crippen LogP contribution in [0.3, 0.4) is 0 Å². The summed E-state index contributed by atoms with van der Waals surface area (Å²) in [6, 6.07) is 5.12. The van der Waals surface area contributed by atoms with Crippen LogP contribution in [-0.2, 0) is 20.9 Å². The standard InChI is InChI=1S/C20H21N3O4S2/c1-3-8-23-15-7-6-14(19(26)27-2)11-16(15)29-20(23)21-17(24)12-28-13-18(25)22-9-4-5-10-22/h1,6-7,11H,4-5,8-10,12-13H2,2H3. The van der Waals surface area contributed by atoms with Gasteiger partial charge in [-0.25, -0.2) is 4.79 Å². The summed E-state index contributed by atoms with van der Waals surface area (Å²) in [6.45, 7) is 1.86. The number of ether oxygens (including phenoxy) is 1. The maximum absolute atomic E-state index is 12.3. The Bertz CT molecular complexity index is 1040. The van der Waals surface area contributed by atoms with E-state index >= 15 is 0 Å². The predicted octanol–water partition coefficient (Wildman–Crippen LogP) is 1.91. The summed E-state index contributed by atoms with van der Waals surface area (Å²) < 4.78 is 7.30. The minimum atomic E-state index is -0.433. The third kappa shape index (κ3) is 5.08. The van der Waals surface area contributed by atoms with Crippen molar-refractivity contribution in [2.45, 2.75) is 19.4 Å². The van der Waals surface area contributed by atoms with Crippen LogP contribution in [-0.4, -0.2) is 59.0 Å². The Morgan fingerprint density at radius 2 is 2.03 bits per heavy atom. The monoisotopic (exact) mass is 431 g/mol. The fourth-order valence-corrected chi connectivity index (χ4v) is 4.85. The lowest BCUT2D eigenvalue weighted by Gasteiger charge is -2.14. The van der Waals surface area contributed by atoms with Gasteiger partial charge in [0.2, 0.25) is 5.91 Å². The molecule has 1 aliphatic heterocycles. The fourth-order valence-electron chi connectivity index (χ4n) is 3.07. The molecule has 2 aromatic rings. The maximum Gasteiger partial charge on any atom is 0.337 e. The van der Waals surface area contributed by atoms with Gasteiger partial charge >= 0.3 is 5.97 Å². The van der Waals surface area contributed by atoms with Gasteiger partial charge in [0.15, 0.2) is 4.80 Å². The Hall–Kier alpha value is -2.57. The number of methoxy groups -OCH3 is 1. The summed E-state index contributed by atoms with van der Waals surface area (Å²) in [7, 11) is 1.32. The molecule has 1 fully saturated rings. The fraction of sp³-hybridized carbons (Fsp3) is 0.400. The van der Waals surface area contributed by atoms with E-state index in [1.165, 1.54) is 30.2 Å². The van der Waals surface area contributed by atoms with Gasteiger partial charge in [-0.3, -0.25) is 9.59 Å². The summed E-state index contributed by atoms with van der Waals surface area (Å²) in [5, 5.41) is 0. The van der Waals surface area contributed by atoms with Crippen molar-refractivity contribution in [1.82, 2.24) is 9.47 Å². The smallest absolute Gasteiger partial charge is 0.337 e. The highest BCUT2D eigenvalue weighted by atomic mass is 32.2. The number of amides is 2. The van der Waals surface area contributed by atoms with E-state index < -0.39 is 5.97 Å². The molecule has 0 N–H and O–H groups in total. The predicted molar refractivity (Wildman–Crippen MR) is 114 cm³/mol. The van der Waals surface area contributed by atoms with Crippen molar-refractivity contribution in [1.29, 1.82) is 0 Å². The molecule has 29 heavy (non-hydrogen) atoms. The molecule has 0 unspecified atom stereocenters. The van der Waals surface area contributed by atoms with Crippen LogP contribution >= 0.6 is 23.1 Å². The van der Waals surface area contributed by atoms with Crippen LogP contribution in [0.15, 0.2) is 23.2 Å². The third-order valence-electron chi connectivity index (χ3n) is 4.48. The zero-order chi connectivity index (χ0) is 20.8. The number of hydrogen-bond donors (Lipinski definition) is 0. The van der Waals surface area contributed by atoms with E-state index in [1.54, 1.807) is 22.8 Å². The Morgan fingerprint density at radius 3 is 2.72 bits per heavy atom. The second-order valence-electron chi connectivity index (χ2n) is 6.44. The summed E-state index contributed by atoms with van der Waals surface area (Å²) in [5.41, 5.74) is 1.21. The van der Waals surface area contributed by atoms with Crippen molar-refractivity contribution < 1.29 is 19.1 Å². The molecule has 3 rings (SSSR count). The Morgan fingerprint density at radius 1 is 1.28 bits per heavy atom. The average molecular weight is 432 g/mol. The van der Waals surface area contributed by atoms with Gasteiger partial charge in [0.05, 0.1) is 40.9 Å². The first kappa shape index (κ1) is 21.1. The minimum absolute atomic E-state index is 0.0693. The van der Waals surface area contributed by atoms with Crippen LogP contribution in [0.2, 0.25) is 0 Å². The molecule has 7 nitrogen and oxygen atoms in total. The number of likely N-dealkylation sites (tertiary alicyclic amines) is 1. The quantitative estimate of drug-likeness (QED) is 0.516. The topological polar surface area (TPSA) is 81.0 Å². The number of thiazole rings is 1. The second-order valence-corrected chi connectivity index (χ2v) is 8.43. The number of aromatic nitrogens is 1. The van der Waals surface area contributed by atoms with Gasteiger partial charge < -0.3 is 14.2 Å². The van der Waals surface area contributed by atoms with E-state index in [0.29, 0.717) is 10.4 Å². The summed E-state index contributed by atoms with van der Waals surface area (Å²) >= 11 is 2.55. The highest BCUT2D eigenvalue weighted by Gasteiger charge is 2.18. The van der Waals surface area contributed by atoms with Gasteiger partial charge in [0.25, 0.3) is 5.91 Å². The molecular formula is C20H21N3O4S2. The molecule has 9 heteroatoms. The van der Waals surface area contributed by atoms with E-state index in [1.807, 2.05) is 4.90 Å². The van der Waals surface area contributed by atoms with Crippen molar-refractivity contribution in [3.05, 3.63) is 28.6 Å². The lowest BCUT2D eigenvalue weighted by Crippen LogP contribution is -2.29.